The Hall–Kier alpha value is -1.07. The van der Waals surface area contributed by atoms with Gasteiger partial charge in [-0.05, 0) is 52.0 Å². The minimum atomic E-state index is -1.61. The lowest BCUT2D eigenvalue weighted by Crippen LogP contribution is -2.46. The van der Waals surface area contributed by atoms with E-state index in [4.69, 9.17) is 4.74 Å². The molecule has 1 rings (SSSR count). The van der Waals surface area contributed by atoms with Crippen molar-refractivity contribution in [2.75, 3.05) is 0 Å². The summed E-state index contributed by atoms with van der Waals surface area (Å²) in [7, 11) is 0. The molecule has 0 saturated heterocycles. The van der Waals surface area contributed by atoms with Crippen molar-refractivity contribution in [3.63, 3.8) is 0 Å². The maximum absolute atomic E-state index is 11.6. The molecule has 0 heterocycles. The number of alkyl carbamates (subject to hydrolysis) is 1. The van der Waals surface area contributed by atoms with E-state index in [0.29, 0.717) is 0 Å². The molecule has 0 aromatic heterocycles. The van der Waals surface area contributed by atoms with Crippen LogP contribution in [-0.2, 0) is 4.74 Å². The Morgan fingerprint density at radius 2 is 2.06 bits per heavy atom. The minimum absolute atomic E-state index is 0.601. The van der Waals surface area contributed by atoms with Gasteiger partial charge in [0.2, 0.25) is 0 Å². The molecule has 3 N–H and O–H groups in total. The summed E-state index contributed by atoms with van der Waals surface area (Å²) >= 11 is 0. The number of nitrogens with one attached hydrogen (secondary N) is 1. The number of carbonyl (C=O) groups is 1. The quantitative estimate of drug-likeness (QED) is 0.531. The number of hydrogen-bond acceptors (Lipinski definition) is 4. The number of amides is 1. The van der Waals surface area contributed by atoms with Crippen LogP contribution in [0, 0.1) is 0 Å². The number of carbonyl (C=O) groups excluding carboxylic acids is 1. The molecule has 0 unspecified atom stereocenters. The van der Waals surface area contributed by atoms with Crippen LogP contribution in [0.1, 0.15) is 46.5 Å². The lowest BCUT2D eigenvalue weighted by molar-refractivity contribution is -0.0604. The van der Waals surface area contributed by atoms with E-state index >= 15 is 0 Å². The topological polar surface area (TPSA) is 78.8 Å². The Balaban J connectivity index is 2.63. The molecule has 18 heavy (non-hydrogen) atoms. The van der Waals surface area contributed by atoms with Gasteiger partial charge in [-0.25, -0.2) is 4.79 Å². The Morgan fingerprint density at radius 1 is 1.39 bits per heavy atom. The van der Waals surface area contributed by atoms with Crippen LogP contribution in [0.5, 0.6) is 0 Å². The SMILES string of the molecule is CC(C)(C)OC(=O)N[C@@H](C1=CCCCC1)C(O)O. The van der Waals surface area contributed by atoms with E-state index in [9.17, 15) is 15.0 Å². The molecule has 0 aromatic rings. The zero-order valence-electron chi connectivity index (χ0n) is 11.3. The summed E-state index contributed by atoms with van der Waals surface area (Å²) < 4.78 is 5.11. The normalized spacial score (nSPS) is 18.2. The van der Waals surface area contributed by atoms with Crippen molar-refractivity contribution in [3.05, 3.63) is 11.6 Å². The highest BCUT2D eigenvalue weighted by Crippen LogP contribution is 2.22. The summed E-state index contributed by atoms with van der Waals surface area (Å²) in [5.74, 6) is 0. The van der Waals surface area contributed by atoms with Gasteiger partial charge in [-0.2, -0.15) is 0 Å². The van der Waals surface area contributed by atoms with Gasteiger partial charge in [0.25, 0.3) is 0 Å². The number of hydrogen-bond donors (Lipinski definition) is 3. The van der Waals surface area contributed by atoms with Gasteiger partial charge in [0, 0.05) is 0 Å². The summed E-state index contributed by atoms with van der Waals surface area (Å²) in [5.41, 5.74) is 0.262. The van der Waals surface area contributed by atoms with E-state index in [1.807, 2.05) is 6.08 Å². The van der Waals surface area contributed by atoms with Crippen LogP contribution in [0.25, 0.3) is 0 Å². The molecule has 0 fully saturated rings. The highest BCUT2D eigenvalue weighted by atomic mass is 16.6. The number of ether oxygens (including phenoxy) is 1. The molecule has 0 saturated carbocycles. The first kappa shape index (κ1) is 15.0. The van der Waals surface area contributed by atoms with Gasteiger partial charge < -0.3 is 20.3 Å². The summed E-state index contributed by atoms with van der Waals surface area (Å²) in [6, 6.07) is -0.778. The Kier molecular flexibility index (Phi) is 5.16. The molecule has 104 valence electrons. The molecular weight excluding hydrogens is 234 g/mol. The van der Waals surface area contributed by atoms with Crippen molar-refractivity contribution >= 4 is 6.09 Å². The van der Waals surface area contributed by atoms with E-state index in [0.717, 1.165) is 31.3 Å². The monoisotopic (exact) mass is 257 g/mol. The zero-order valence-corrected chi connectivity index (χ0v) is 11.3. The van der Waals surface area contributed by atoms with Gasteiger partial charge in [-0.3, -0.25) is 0 Å². The maximum atomic E-state index is 11.6. The van der Waals surface area contributed by atoms with Crippen molar-refractivity contribution in [2.24, 2.45) is 0 Å². The smallest absolute Gasteiger partial charge is 0.408 e. The standard InChI is InChI=1S/C13H23NO4/c1-13(2,3)18-12(17)14-10(11(15)16)9-7-5-4-6-8-9/h7,10-11,15-16H,4-6,8H2,1-3H3,(H,14,17)/t10-/m0/s1. The van der Waals surface area contributed by atoms with Crippen molar-refractivity contribution in [1.29, 1.82) is 0 Å². The first-order valence-electron chi connectivity index (χ1n) is 6.34. The Bertz CT molecular complexity index is 317. The largest absolute Gasteiger partial charge is 0.444 e. The van der Waals surface area contributed by atoms with Gasteiger partial charge in [-0.1, -0.05) is 6.08 Å². The van der Waals surface area contributed by atoms with Gasteiger partial charge in [0.05, 0.1) is 0 Å². The molecule has 1 aliphatic carbocycles. The molecule has 0 bridgehead atoms. The average molecular weight is 257 g/mol. The molecule has 1 aliphatic rings. The molecule has 0 radical (unpaired) electrons. The fourth-order valence-corrected chi connectivity index (χ4v) is 1.94. The molecular formula is C13H23NO4. The number of allylic oxidation sites excluding steroid dienone is 1. The second kappa shape index (κ2) is 6.20. The summed E-state index contributed by atoms with van der Waals surface area (Å²) in [6.45, 7) is 5.28. The third kappa shape index (κ3) is 5.06. The highest BCUT2D eigenvalue weighted by Gasteiger charge is 2.26. The fourth-order valence-electron chi connectivity index (χ4n) is 1.94. The number of aliphatic hydroxyl groups is 2. The third-order valence-corrected chi connectivity index (χ3v) is 2.70. The predicted octanol–water partition coefficient (Wildman–Crippen LogP) is 1.69. The molecule has 0 spiro atoms. The first-order chi connectivity index (χ1) is 8.29. The zero-order chi connectivity index (χ0) is 13.8. The molecule has 0 aromatic carbocycles. The van der Waals surface area contributed by atoms with Crippen LogP contribution >= 0.6 is 0 Å². The van der Waals surface area contributed by atoms with Crippen LogP contribution in [0.3, 0.4) is 0 Å². The molecule has 1 atom stereocenters. The van der Waals surface area contributed by atoms with Gasteiger partial charge in [0.1, 0.15) is 11.6 Å². The van der Waals surface area contributed by atoms with Crippen LogP contribution in [0.4, 0.5) is 4.79 Å². The molecule has 0 aliphatic heterocycles. The predicted molar refractivity (Wildman–Crippen MR) is 67.9 cm³/mol. The van der Waals surface area contributed by atoms with Crippen LogP contribution < -0.4 is 5.32 Å². The fraction of sp³-hybridized carbons (Fsp3) is 0.769. The van der Waals surface area contributed by atoms with Crippen LogP contribution in [0.2, 0.25) is 0 Å². The molecule has 5 nitrogen and oxygen atoms in total. The molecule has 5 heteroatoms. The Morgan fingerprint density at radius 3 is 2.50 bits per heavy atom. The molecule has 1 amide bonds. The van der Waals surface area contributed by atoms with Gasteiger partial charge in [0.15, 0.2) is 6.29 Å². The van der Waals surface area contributed by atoms with Crippen LogP contribution in [-0.4, -0.2) is 34.2 Å². The van der Waals surface area contributed by atoms with Crippen molar-refractivity contribution in [3.8, 4) is 0 Å². The van der Waals surface area contributed by atoms with E-state index < -0.39 is 24.0 Å². The van der Waals surface area contributed by atoms with Gasteiger partial charge >= 0.3 is 6.09 Å². The van der Waals surface area contributed by atoms with Crippen molar-refractivity contribution in [2.45, 2.75) is 64.4 Å². The summed E-state index contributed by atoms with van der Waals surface area (Å²) in [5, 5.41) is 21.2. The second-order valence-corrected chi connectivity index (χ2v) is 5.56. The lowest BCUT2D eigenvalue weighted by atomic mass is 9.93. The highest BCUT2D eigenvalue weighted by molar-refractivity contribution is 5.68. The lowest BCUT2D eigenvalue weighted by Gasteiger charge is -2.27. The summed E-state index contributed by atoms with van der Waals surface area (Å²) in [6.07, 6.45) is 3.52. The maximum Gasteiger partial charge on any atom is 0.408 e. The van der Waals surface area contributed by atoms with E-state index in [-0.39, 0.29) is 0 Å². The van der Waals surface area contributed by atoms with Crippen LogP contribution in [0.15, 0.2) is 11.6 Å². The second-order valence-electron chi connectivity index (χ2n) is 5.56. The number of rotatable bonds is 3. The van der Waals surface area contributed by atoms with Crippen molar-refractivity contribution < 1.29 is 19.7 Å². The minimum Gasteiger partial charge on any atom is -0.444 e. The van der Waals surface area contributed by atoms with E-state index in [2.05, 4.69) is 5.32 Å². The number of aliphatic hydroxyl groups excluding tert-OH is 1. The Labute approximate surface area is 108 Å². The third-order valence-electron chi connectivity index (χ3n) is 2.70. The van der Waals surface area contributed by atoms with E-state index in [1.165, 1.54) is 0 Å². The average Bonchev–Trinajstić information content (AvgIpc) is 2.24. The van der Waals surface area contributed by atoms with Gasteiger partial charge in [-0.15, -0.1) is 0 Å². The first-order valence-corrected chi connectivity index (χ1v) is 6.34. The van der Waals surface area contributed by atoms with Crippen molar-refractivity contribution in [1.82, 2.24) is 5.32 Å². The van der Waals surface area contributed by atoms with E-state index in [1.54, 1.807) is 20.8 Å². The summed E-state index contributed by atoms with van der Waals surface area (Å²) in [4.78, 5) is 11.6.